The maximum absolute atomic E-state index is 13.1. The lowest BCUT2D eigenvalue weighted by atomic mass is 10.1. The Hall–Kier alpha value is -3.81. The average molecular weight is 420 g/mol. The summed E-state index contributed by atoms with van der Waals surface area (Å²) in [6.45, 7) is 4.36. The van der Waals surface area contributed by atoms with E-state index >= 15 is 0 Å². The summed E-state index contributed by atoms with van der Waals surface area (Å²) < 4.78 is 13.3. The SMILES string of the molecule is C[C@H](C(=O)Nc1ccccc1OCCn1cccn1)N1C(=O)[C@@H](C)Oc2ccccc21. The van der Waals surface area contributed by atoms with E-state index in [1.807, 2.05) is 36.5 Å². The number of fused-ring (bicyclic) bond motifs is 1. The van der Waals surface area contributed by atoms with E-state index in [0.29, 0.717) is 36.0 Å². The van der Waals surface area contributed by atoms with E-state index in [9.17, 15) is 9.59 Å². The van der Waals surface area contributed by atoms with Gasteiger partial charge in [-0.3, -0.25) is 19.2 Å². The Balaban J connectivity index is 1.47. The summed E-state index contributed by atoms with van der Waals surface area (Å²) in [6, 6.07) is 15.5. The molecule has 8 nitrogen and oxygen atoms in total. The summed E-state index contributed by atoms with van der Waals surface area (Å²) in [4.78, 5) is 27.4. The molecular weight excluding hydrogens is 396 g/mol. The summed E-state index contributed by atoms with van der Waals surface area (Å²) in [5, 5.41) is 7.04. The van der Waals surface area contributed by atoms with Crippen LogP contribution >= 0.6 is 0 Å². The van der Waals surface area contributed by atoms with Gasteiger partial charge in [-0.05, 0) is 44.2 Å². The first kappa shape index (κ1) is 20.5. The van der Waals surface area contributed by atoms with Crippen molar-refractivity contribution < 1.29 is 19.1 Å². The fourth-order valence-electron chi connectivity index (χ4n) is 3.44. The Morgan fingerprint density at radius 3 is 2.77 bits per heavy atom. The number of nitrogens with zero attached hydrogens (tertiary/aromatic N) is 3. The number of benzene rings is 2. The van der Waals surface area contributed by atoms with Gasteiger partial charge in [0, 0.05) is 12.4 Å². The molecule has 160 valence electrons. The number of amides is 2. The molecule has 0 aliphatic carbocycles. The number of hydrogen-bond acceptors (Lipinski definition) is 5. The van der Waals surface area contributed by atoms with Crippen LogP contribution in [0.5, 0.6) is 11.5 Å². The first-order chi connectivity index (χ1) is 15.0. The molecule has 1 aliphatic rings. The van der Waals surface area contributed by atoms with Gasteiger partial charge in [0.25, 0.3) is 5.91 Å². The van der Waals surface area contributed by atoms with Crippen molar-refractivity contribution in [3.05, 3.63) is 67.0 Å². The number of rotatable bonds is 7. The van der Waals surface area contributed by atoms with Crippen molar-refractivity contribution in [1.82, 2.24) is 9.78 Å². The third-order valence-electron chi connectivity index (χ3n) is 5.06. The third-order valence-corrected chi connectivity index (χ3v) is 5.06. The number of para-hydroxylation sites is 4. The summed E-state index contributed by atoms with van der Waals surface area (Å²) in [7, 11) is 0. The zero-order valence-electron chi connectivity index (χ0n) is 17.4. The zero-order chi connectivity index (χ0) is 21.8. The van der Waals surface area contributed by atoms with E-state index in [4.69, 9.17) is 9.47 Å². The maximum Gasteiger partial charge on any atom is 0.268 e. The number of ether oxygens (including phenoxy) is 2. The van der Waals surface area contributed by atoms with Gasteiger partial charge >= 0.3 is 0 Å². The normalized spacial score (nSPS) is 16.3. The second-order valence-electron chi connectivity index (χ2n) is 7.22. The molecule has 0 radical (unpaired) electrons. The molecule has 2 atom stereocenters. The minimum atomic E-state index is -0.739. The van der Waals surface area contributed by atoms with Gasteiger partial charge in [0.05, 0.1) is 17.9 Å². The molecule has 0 saturated carbocycles. The Labute approximate surface area is 180 Å². The van der Waals surface area contributed by atoms with Gasteiger partial charge in [-0.2, -0.15) is 5.10 Å². The second kappa shape index (κ2) is 8.91. The number of carbonyl (C=O) groups is 2. The average Bonchev–Trinajstić information content (AvgIpc) is 3.29. The summed E-state index contributed by atoms with van der Waals surface area (Å²) in [5.41, 5.74) is 1.12. The molecule has 4 rings (SSSR count). The summed E-state index contributed by atoms with van der Waals surface area (Å²) in [6.07, 6.45) is 2.90. The zero-order valence-corrected chi connectivity index (χ0v) is 17.4. The van der Waals surface area contributed by atoms with Crippen molar-refractivity contribution in [1.29, 1.82) is 0 Å². The van der Waals surface area contributed by atoms with Crippen LogP contribution in [0.4, 0.5) is 11.4 Å². The van der Waals surface area contributed by atoms with Crippen LogP contribution in [0.15, 0.2) is 67.0 Å². The van der Waals surface area contributed by atoms with E-state index < -0.39 is 12.1 Å². The predicted molar refractivity (Wildman–Crippen MR) is 116 cm³/mol. The Morgan fingerprint density at radius 1 is 1.19 bits per heavy atom. The lowest BCUT2D eigenvalue weighted by molar-refractivity contribution is -0.128. The number of nitrogens with one attached hydrogen (secondary N) is 1. The molecule has 3 aromatic rings. The molecule has 2 heterocycles. The van der Waals surface area contributed by atoms with Crippen LogP contribution in [0.3, 0.4) is 0 Å². The number of anilines is 2. The molecule has 0 saturated heterocycles. The predicted octanol–water partition coefficient (Wildman–Crippen LogP) is 3.10. The molecular formula is C23H24N4O4. The maximum atomic E-state index is 13.1. The highest BCUT2D eigenvalue weighted by Gasteiger charge is 2.37. The van der Waals surface area contributed by atoms with Gasteiger partial charge < -0.3 is 14.8 Å². The molecule has 1 aliphatic heterocycles. The number of hydrogen-bond donors (Lipinski definition) is 1. The molecule has 0 spiro atoms. The Bertz CT molecular complexity index is 1070. The monoisotopic (exact) mass is 420 g/mol. The molecule has 0 bridgehead atoms. The fourth-order valence-corrected chi connectivity index (χ4v) is 3.44. The van der Waals surface area contributed by atoms with Gasteiger partial charge in [-0.1, -0.05) is 24.3 Å². The highest BCUT2D eigenvalue weighted by atomic mass is 16.5. The third kappa shape index (κ3) is 4.37. The minimum absolute atomic E-state index is 0.259. The highest BCUT2D eigenvalue weighted by Crippen LogP contribution is 2.35. The molecule has 0 fully saturated rings. The molecule has 8 heteroatoms. The lowest BCUT2D eigenvalue weighted by Crippen LogP contribution is -2.52. The largest absolute Gasteiger partial charge is 0.489 e. The molecule has 31 heavy (non-hydrogen) atoms. The van der Waals surface area contributed by atoms with Crippen LogP contribution < -0.4 is 19.7 Å². The van der Waals surface area contributed by atoms with Crippen molar-refractivity contribution in [3.8, 4) is 11.5 Å². The van der Waals surface area contributed by atoms with Crippen LogP contribution in [-0.4, -0.2) is 40.3 Å². The van der Waals surface area contributed by atoms with Crippen LogP contribution in [0.1, 0.15) is 13.8 Å². The van der Waals surface area contributed by atoms with Crippen LogP contribution in [0.2, 0.25) is 0 Å². The van der Waals surface area contributed by atoms with Gasteiger partial charge in [0.15, 0.2) is 6.10 Å². The Morgan fingerprint density at radius 2 is 1.97 bits per heavy atom. The van der Waals surface area contributed by atoms with Crippen LogP contribution in [0, 0.1) is 0 Å². The van der Waals surface area contributed by atoms with E-state index in [-0.39, 0.29) is 11.8 Å². The van der Waals surface area contributed by atoms with Gasteiger partial charge in [-0.15, -0.1) is 0 Å². The van der Waals surface area contributed by atoms with Crippen molar-refractivity contribution in [2.45, 2.75) is 32.5 Å². The van der Waals surface area contributed by atoms with Crippen LogP contribution in [0.25, 0.3) is 0 Å². The quantitative estimate of drug-likeness (QED) is 0.635. The second-order valence-corrected chi connectivity index (χ2v) is 7.22. The van der Waals surface area contributed by atoms with E-state index in [2.05, 4.69) is 10.4 Å². The topological polar surface area (TPSA) is 85.7 Å². The van der Waals surface area contributed by atoms with Crippen molar-refractivity contribution in [3.63, 3.8) is 0 Å². The van der Waals surface area contributed by atoms with Crippen molar-refractivity contribution in [2.24, 2.45) is 0 Å². The molecule has 2 amide bonds. The standard InChI is InChI=1S/C23H24N4O4/c1-16(27-19-9-4-6-11-21(19)31-17(2)23(27)29)22(28)25-18-8-3-5-10-20(18)30-15-14-26-13-7-12-24-26/h3-13,16-17H,14-15H2,1-2H3,(H,25,28)/t16-,17-/m1/s1. The Kier molecular flexibility index (Phi) is 5.88. The van der Waals surface area contributed by atoms with Gasteiger partial charge in [0.2, 0.25) is 5.91 Å². The molecule has 1 N–H and O–H groups in total. The van der Waals surface area contributed by atoms with Gasteiger partial charge in [-0.25, -0.2) is 0 Å². The van der Waals surface area contributed by atoms with Crippen LogP contribution in [-0.2, 0) is 16.1 Å². The number of aromatic nitrogens is 2. The summed E-state index contributed by atoms with van der Waals surface area (Å²) in [5.74, 6) is 0.555. The summed E-state index contributed by atoms with van der Waals surface area (Å²) >= 11 is 0. The fraction of sp³-hybridized carbons (Fsp3) is 0.261. The molecule has 2 aromatic carbocycles. The number of carbonyl (C=O) groups excluding carboxylic acids is 2. The van der Waals surface area contributed by atoms with Crippen molar-refractivity contribution >= 4 is 23.2 Å². The first-order valence-corrected chi connectivity index (χ1v) is 10.1. The first-order valence-electron chi connectivity index (χ1n) is 10.1. The van der Waals surface area contributed by atoms with E-state index in [1.54, 1.807) is 49.0 Å². The molecule has 0 unspecified atom stereocenters. The van der Waals surface area contributed by atoms with E-state index in [0.717, 1.165) is 0 Å². The smallest absolute Gasteiger partial charge is 0.268 e. The lowest BCUT2D eigenvalue weighted by Gasteiger charge is -2.36. The van der Waals surface area contributed by atoms with Gasteiger partial charge in [0.1, 0.15) is 24.1 Å². The highest BCUT2D eigenvalue weighted by molar-refractivity contribution is 6.08. The molecule has 1 aromatic heterocycles. The van der Waals surface area contributed by atoms with E-state index in [1.165, 1.54) is 4.90 Å². The van der Waals surface area contributed by atoms with Crippen molar-refractivity contribution in [2.75, 3.05) is 16.8 Å². The minimum Gasteiger partial charge on any atom is -0.489 e.